The Hall–Kier alpha value is -4.44. The lowest BCUT2D eigenvalue weighted by Crippen LogP contribution is -2.42. The number of hydrazine groups is 1. The van der Waals surface area contributed by atoms with E-state index >= 15 is 0 Å². The van der Waals surface area contributed by atoms with Crippen molar-refractivity contribution in [2.24, 2.45) is 0 Å². The molecule has 2 aliphatic rings. The first kappa shape index (κ1) is 18.6. The van der Waals surface area contributed by atoms with Crippen LogP contribution in [-0.4, -0.2) is 26.4 Å². The summed E-state index contributed by atoms with van der Waals surface area (Å²) in [5.74, 6) is -0.777. The molecule has 31 heavy (non-hydrogen) atoms. The highest BCUT2D eigenvalue weighted by atomic mass is 16.2. The predicted molar refractivity (Wildman–Crippen MR) is 114 cm³/mol. The van der Waals surface area contributed by atoms with Crippen LogP contribution in [0.2, 0.25) is 0 Å². The lowest BCUT2D eigenvalue weighted by Gasteiger charge is -2.20. The zero-order chi connectivity index (χ0) is 21.4. The fourth-order valence-electron chi connectivity index (χ4n) is 3.98. The molecule has 1 aliphatic heterocycles. The Kier molecular flexibility index (Phi) is 4.45. The Labute approximate surface area is 178 Å². The smallest absolute Gasteiger partial charge is 0.278 e. The van der Waals surface area contributed by atoms with Crippen LogP contribution in [-0.2, 0) is 11.2 Å². The minimum atomic E-state index is -0.428. The van der Waals surface area contributed by atoms with Crippen LogP contribution < -0.4 is 5.43 Å². The number of hydrogen-bond acceptors (Lipinski definition) is 4. The Balaban J connectivity index is 1.68. The molecule has 0 bridgehead atoms. The number of nitriles is 1. The summed E-state index contributed by atoms with van der Waals surface area (Å²) in [7, 11) is 0. The van der Waals surface area contributed by atoms with E-state index < -0.39 is 5.91 Å². The third-order valence-electron chi connectivity index (χ3n) is 5.39. The van der Waals surface area contributed by atoms with Gasteiger partial charge in [0.2, 0.25) is 0 Å². The summed E-state index contributed by atoms with van der Waals surface area (Å²) >= 11 is 0. The molecule has 1 aromatic carbocycles. The third kappa shape index (κ3) is 3.11. The summed E-state index contributed by atoms with van der Waals surface area (Å²) in [6, 6.07) is 16.7. The largest absolute Gasteiger partial charge is 0.298 e. The van der Waals surface area contributed by atoms with E-state index in [2.05, 4.69) is 16.5 Å². The lowest BCUT2D eigenvalue weighted by atomic mass is 9.96. The molecule has 3 heterocycles. The highest BCUT2D eigenvalue weighted by molar-refractivity contribution is 6.21. The molecule has 2 aromatic heterocycles. The van der Waals surface area contributed by atoms with Crippen molar-refractivity contribution in [2.75, 3.05) is 0 Å². The van der Waals surface area contributed by atoms with Gasteiger partial charge in [-0.3, -0.25) is 24.6 Å². The number of nitrogens with one attached hydrogen (secondary N) is 1. The molecule has 3 aromatic rings. The maximum atomic E-state index is 13.5. The number of rotatable bonds is 3. The van der Waals surface area contributed by atoms with Crippen LogP contribution >= 0.6 is 0 Å². The maximum Gasteiger partial charge on any atom is 0.278 e. The first-order chi connectivity index (χ1) is 15.2. The summed E-state index contributed by atoms with van der Waals surface area (Å²) in [6.45, 7) is 0. The van der Waals surface area contributed by atoms with E-state index in [0.717, 1.165) is 17.5 Å². The van der Waals surface area contributed by atoms with Crippen LogP contribution in [0.1, 0.15) is 39.3 Å². The van der Waals surface area contributed by atoms with Gasteiger partial charge in [0, 0.05) is 23.5 Å². The summed E-state index contributed by atoms with van der Waals surface area (Å²) in [4.78, 5) is 30.2. The molecule has 0 radical (unpaired) electrons. The SMILES string of the molecule is N#Cc1cc2c3n1C(c1ccccc1)=CN(NC(=O)c1ccncc1)C(=O)C3=CCC2. The van der Waals surface area contributed by atoms with Crippen molar-refractivity contribution in [2.45, 2.75) is 12.8 Å². The molecule has 150 valence electrons. The Morgan fingerprint density at radius 3 is 2.65 bits per heavy atom. The molecule has 0 spiro atoms. The number of pyridine rings is 1. The molecule has 7 heteroatoms. The molecule has 0 saturated carbocycles. The molecule has 7 nitrogen and oxygen atoms in total. The highest BCUT2D eigenvalue weighted by Crippen LogP contribution is 2.37. The molecule has 0 fully saturated rings. The minimum absolute atomic E-state index is 0.349. The van der Waals surface area contributed by atoms with Crippen LogP contribution in [0.5, 0.6) is 0 Å². The maximum absolute atomic E-state index is 13.5. The molecule has 1 N–H and O–H groups in total. The zero-order valence-corrected chi connectivity index (χ0v) is 16.4. The van der Waals surface area contributed by atoms with Gasteiger partial charge in [-0.05, 0) is 36.6 Å². The van der Waals surface area contributed by atoms with Gasteiger partial charge in [0.15, 0.2) is 0 Å². The average molecular weight is 407 g/mol. The van der Waals surface area contributed by atoms with Gasteiger partial charge < -0.3 is 0 Å². The van der Waals surface area contributed by atoms with Crippen molar-refractivity contribution < 1.29 is 9.59 Å². The number of carbonyl (C=O) groups excluding carboxylic acids is 2. The minimum Gasteiger partial charge on any atom is -0.298 e. The lowest BCUT2D eigenvalue weighted by molar-refractivity contribution is -0.124. The van der Waals surface area contributed by atoms with E-state index in [1.54, 1.807) is 18.3 Å². The van der Waals surface area contributed by atoms with Gasteiger partial charge in [-0.1, -0.05) is 36.4 Å². The number of hydrogen-bond donors (Lipinski definition) is 1. The Morgan fingerprint density at radius 1 is 1.13 bits per heavy atom. The fourth-order valence-corrected chi connectivity index (χ4v) is 3.98. The number of carbonyl (C=O) groups is 2. The van der Waals surface area contributed by atoms with Crippen LogP contribution in [0, 0.1) is 11.3 Å². The van der Waals surface area contributed by atoms with Gasteiger partial charge >= 0.3 is 0 Å². The molecular weight excluding hydrogens is 390 g/mol. The number of aromatic nitrogens is 2. The zero-order valence-electron chi connectivity index (χ0n) is 16.4. The van der Waals surface area contributed by atoms with Crippen molar-refractivity contribution in [3.8, 4) is 6.07 Å². The topological polar surface area (TPSA) is 91.0 Å². The van der Waals surface area contributed by atoms with Crippen LogP contribution in [0.15, 0.2) is 73.2 Å². The molecular formula is C24H17N5O2. The molecule has 0 unspecified atom stereocenters. The van der Waals surface area contributed by atoms with E-state index in [4.69, 9.17) is 0 Å². The van der Waals surface area contributed by atoms with Crippen molar-refractivity contribution in [3.63, 3.8) is 0 Å². The monoisotopic (exact) mass is 407 g/mol. The van der Waals surface area contributed by atoms with Gasteiger partial charge in [0.05, 0.1) is 23.2 Å². The van der Waals surface area contributed by atoms with Crippen LogP contribution in [0.3, 0.4) is 0 Å². The van der Waals surface area contributed by atoms with Crippen molar-refractivity contribution >= 4 is 23.1 Å². The van der Waals surface area contributed by atoms with E-state index in [1.807, 2.05) is 47.0 Å². The fraction of sp³-hybridized carbons (Fsp3) is 0.0833. The average Bonchev–Trinajstić information content (AvgIpc) is 3.15. The highest BCUT2D eigenvalue weighted by Gasteiger charge is 2.33. The van der Waals surface area contributed by atoms with Gasteiger partial charge in [-0.15, -0.1) is 0 Å². The second-order valence-corrected chi connectivity index (χ2v) is 7.24. The van der Waals surface area contributed by atoms with E-state index in [9.17, 15) is 14.9 Å². The van der Waals surface area contributed by atoms with Crippen molar-refractivity contribution in [1.82, 2.24) is 20.0 Å². The van der Waals surface area contributed by atoms with Crippen molar-refractivity contribution in [3.05, 3.63) is 101 Å². The van der Waals surface area contributed by atoms with Gasteiger partial charge in [0.1, 0.15) is 11.8 Å². The number of allylic oxidation sites excluding steroid dienone is 1. The molecule has 0 saturated heterocycles. The summed E-state index contributed by atoms with van der Waals surface area (Å²) in [5, 5.41) is 11.0. The Morgan fingerprint density at radius 2 is 1.90 bits per heavy atom. The number of aryl methyl sites for hydroxylation is 1. The Bertz CT molecular complexity index is 1300. The number of amides is 2. The molecule has 0 atom stereocenters. The van der Waals surface area contributed by atoms with Gasteiger partial charge in [-0.25, -0.2) is 5.01 Å². The first-order valence-corrected chi connectivity index (χ1v) is 9.85. The van der Waals surface area contributed by atoms with E-state index in [-0.39, 0.29) is 5.91 Å². The predicted octanol–water partition coefficient (Wildman–Crippen LogP) is 3.12. The second-order valence-electron chi connectivity index (χ2n) is 7.24. The van der Waals surface area contributed by atoms with Crippen LogP contribution in [0.4, 0.5) is 0 Å². The summed E-state index contributed by atoms with van der Waals surface area (Å²) < 4.78 is 1.81. The second kappa shape index (κ2) is 7.43. The first-order valence-electron chi connectivity index (χ1n) is 9.85. The molecule has 1 aliphatic carbocycles. The van der Waals surface area contributed by atoms with Gasteiger partial charge in [0.25, 0.3) is 11.8 Å². The van der Waals surface area contributed by atoms with E-state index in [0.29, 0.717) is 34.6 Å². The normalized spacial score (nSPS) is 14.7. The van der Waals surface area contributed by atoms with Crippen molar-refractivity contribution in [1.29, 1.82) is 5.26 Å². The number of benzene rings is 1. The third-order valence-corrected chi connectivity index (χ3v) is 5.39. The van der Waals surface area contributed by atoms with Gasteiger partial charge in [-0.2, -0.15) is 5.26 Å². The van der Waals surface area contributed by atoms with E-state index in [1.165, 1.54) is 17.4 Å². The summed E-state index contributed by atoms with van der Waals surface area (Å²) in [6.07, 6.45) is 7.93. The molecule has 2 amide bonds. The molecule has 5 rings (SSSR count). The standard InChI is InChI=1S/C24H17N5O2/c25-14-19-13-18-7-4-8-20-22(18)29(19)21(16-5-2-1-3-6-16)15-28(24(20)31)27-23(30)17-9-11-26-12-10-17/h1-3,5-6,8-13,15H,4,7H2,(H,27,30). The van der Waals surface area contributed by atoms with Crippen LogP contribution in [0.25, 0.3) is 11.3 Å². The quantitative estimate of drug-likeness (QED) is 0.722. The summed E-state index contributed by atoms with van der Waals surface area (Å²) in [5.41, 5.74) is 7.12. The number of nitrogens with zero attached hydrogens (tertiary/aromatic N) is 4.